The van der Waals surface area contributed by atoms with Gasteiger partial charge >= 0.3 is 11.9 Å². The molecule has 28 heavy (non-hydrogen) atoms. The third-order valence-corrected chi connectivity index (χ3v) is 4.52. The highest BCUT2D eigenvalue weighted by molar-refractivity contribution is 7.99. The van der Waals surface area contributed by atoms with Crippen molar-refractivity contribution in [3.05, 3.63) is 34.2 Å². The number of aromatic amines is 1. The molecular formula is C17H21F3N4O3S. The maximum absolute atomic E-state index is 13.0. The largest absolute Gasteiger partial charge is 0.491 e. The molecule has 2 rings (SSSR count). The number of hydrogen-bond donors (Lipinski definition) is 2. The van der Waals surface area contributed by atoms with E-state index in [1.165, 1.54) is 10.6 Å². The van der Waals surface area contributed by atoms with E-state index in [0.29, 0.717) is 31.1 Å². The predicted molar refractivity (Wildman–Crippen MR) is 99.7 cm³/mol. The monoisotopic (exact) mass is 418 g/mol. The average Bonchev–Trinajstić information content (AvgIpc) is 2.98. The standard InChI is InChI=1S/C17H21F3N4O3S/c1-3-7-24-15(26)22-23-16(24)28-10-14(25)21-12-9-11(17(18,19)20)5-6-13(12)27-8-4-2/h5-6,9H,3-4,7-8,10H2,1-2H3,(H,21,25)(H,22,26). The van der Waals surface area contributed by atoms with E-state index >= 15 is 0 Å². The molecule has 0 radical (unpaired) electrons. The van der Waals surface area contributed by atoms with E-state index in [0.717, 1.165) is 23.9 Å². The van der Waals surface area contributed by atoms with Crippen molar-refractivity contribution in [1.29, 1.82) is 0 Å². The van der Waals surface area contributed by atoms with E-state index in [2.05, 4.69) is 15.5 Å². The van der Waals surface area contributed by atoms with Crippen molar-refractivity contribution in [1.82, 2.24) is 14.8 Å². The quantitative estimate of drug-likeness (QED) is 0.609. The summed E-state index contributed by atoms with van der Waals surface area (Å²) in [6, 6.07) is 2.94. The van der Waals surface area contributed by atoms with Crippen LogP contribution in [-0.2, 0) is 17.5 Å². The summed E-state index contributed by atoms with van der Waals surface area (Å²) in [6.07, 6.45) is -3.16. The molecule has 1 amide bonds. The van der Waals surface area contributed by atoms with Crippen LogP contribution in [0.3, 0.4) is 0 Å². The lowest BCUT2D eigenvalue weighted by molar-refractivity contribution is -0.137. The molecule has 0 fully saturated rings. The minimum absolute atomic E-state index is 0.0538. The van der Waals surface area contributed by atoms with E-state index in [1.807, 2.05) is 13.8 Å². The Morgan fingerprint density at radius 2 is 2.07 bits per heavy atom. The molecular weight excluding hydrogens is 397 g/mol. The maximum atomic E-state index is 13.0. The fourth-order valence-electron chi connectivity index (χ4n) is 2.29. The molecule has 1 aromatic carbocycles. The summed E-state index contributed by atoms with van der Waals surface area (Å²) >= 11 is 1.01. The minimum Gasteiger partial charge on any atom is -0.491 e. The molecule has 154 valence electrons. The number of hydrogen-bond acceptors (Lipinski definition) is 5. The molecule has 0 unspecified atom stereocenters. The Balaban J connectivity index is 2.12. The summed E-state index contributed by atoms with van der Waals surface area (Å²) in [4.78, 5) is 23.9. The van der Waals surface area contributed by atoms with Gasteiger partial charge in [0.1, 0.15) is 5.75 Å². The Bertz CT molecular complexity index is 864. The van der Waals surface area contributed by atoms with Crippen LogP contribution in [0.25, 0.3) is 0 Å². The Morgan fingerprint density at radius 1 is 1.32 bits per heavy atom. The first-order chi connectivity index (χ1) is 13.3. The number of nitrogens with one attached hydrogen (secondary N) is 2. The van der Waals surface area contributed by atoms with Crippen molar-refractivity contribution in [3.63, 3.8) is 0 Å². The molecule has 0 saturated carbocycles. The first kappa shape index (κ1) is 21.9. The van der Waals surface area contributed by atoms with Crippen LogP contribution in [0.1, 0.15) is 32.3 Å². The van der Waals surface area contributed by atoms with Gasteiger partial charge in [0.05, 0.1) is 23.6 Å². The van der Waals surface area contributed by atoms with Crippen molar-refractivity contribution < 1.29 is 22.7 Å². The van der Waals surface area contributed by atoms with Crippen LogP contribution in [0.5, 0.6) is 5.75 Å². The third-order valence-electron chi connectivity index (χ3n) is 3.55. The highest BCUT2D eigenvalue weighted by Crippen LogP contribution is 2.35. The van der Waals surface area contributed by atoms with Crippen LogP contribution < -0.4 is 15.7 Å². The van der Waals surface area contributed by atoms with Gasteiger partial charge in [0, 0.05) is 6.54 Å². The minimum atomic E-state index is -4.54. The van der Waals surface area contributed by atoms with E-state index in [4.69, 9.17) is 4.74 Å². The molecule has 0 atom stereocenters. The zero-order chi connectivity index (χ0) is 20.7. The van der Waals surface area contributed by atoms with Gasteiger partial charge < -0.3 is 10.1 Å². The molecule has 2 aromatic rings. The molecule has 7 nitrogen and oxygen atoms in total. The van der Waals surface area contributed by atoms with Crippen molar-refractivity contribution in [2.24, 2.45) is 0 Å². The van der Waals surface area contributed by atoms with Crippen LogP contribution in [0.2, 0.25) is 0 Å². The van der Waals surface area contributed by atoms with Gasteiger partial charge in [-0.1, -0.05) is 25.6 Å². The summed E-state index contributed by atoms with van der Waals surface area (Å²) in [5.74, 6) is -0.502. The second kappa shape index (κ2) is 9.67. The van der Waals surface area contributed by atoms with Crippen LogP contribution in [0.15, 0.2) is 28.2 Å². The molecule has 0 aliphatic carbocycles. The molecule has 2 N–H and O–H groups in total. The fourth-order valence-corrected chi connectivity index (χ4v) is 3.07. The number of thioether (sulfide) groups is 1. The Labute approximate surface area is 163 Å². The Hall–Kier alpha value is -2.43. The number of benzene rings is 1. The van der Waals surface area contributed by atoms with Gasteiger partial charge in [0.15, 0.2) is 5.16 Å². The van der Waals surface area contributed by atoms with Gasteiger partial charge in [-0.2, -0.15) is 13.2 Å². The van der Waals surface area contributed by atoms with Gasteiger partial charge in [-0.3, -0.25) is 9.36 Å². The third kappa shape index (κ3) is 5.78. The summed E-state index contributed by atoms with van der Waals surface area (Å²) in [7, 11) is 0. The predicted octanol–water partition coefficient (Wildman–Crippen LogP) is 3.52. The van der Waals surface area contributed by atoms with Crippen molar-refractivity contribution in [2.75, 3.05) is 17.7 Å². The Morgan fingerprint density at radius 3 is 2.71 bits per heavy atom. The summed E-state index contributed by atoms with van der Waals surface area (Å²) in [5, 5.41) is 8.96. The number of amides is 1. The molecule has 0 aliphatic rings. The topological polar surface area (TPSA) is 89.0 Å². The smallest absolute Gasteiger partial charge is 0.416 e. The Kier molecular flexibility index (Phi) is 7.55. The zero-order valence-corrected chi connectivity index (χ0v) is 16.2. The highest BCUT2D eigenvalue weighted by atomic mass is 32.2. The number of nitrogens with zero attached hydrogens (tertiary/aromatic N) is 2. The van der Waals surface area contributed by atoms with E-state index in [-0.39, 0.29) is 22.9 Å². The van der Waals surface area contributed by atoms with Gasteiger partial charge in [-0.25, -0.2) is 9.89 Å². The molecule has 11 heteroatoms. The lowest BCUT2D eigenvalue weighted by Crippen LogP contribution is -2.19. The summed E-state index contributed by atoms with van der Waals surface area (Å²) in [5.41, 5.74) is -1.32. The second-order valence-electron chi connectivity index (χ2n) is 5.86. The number of halogens is 3. The van der Waals surface area contributed by atoms with Crippen molar-refractivity contribution in [2.45, 2.75) is 44.6 Å². The molecule has 0 spiro atoms. The number of alkyl halides is 3. The fraction of sp³-hybridized carbons (Fsp3) is 0.471. The normalized spacial score (nSPS) is 11.5. The number of carbonyl (C=O) groups is 1. The number of rotatable bonds is 9. The van der Waals surface area contributed by atoms with Gasteiger partial charge in [-0.05, 0) is 31.0 Å². The molecule has 1 aromatic heterocycles. The van der Waals surface area contributed by atoms with Crippen LogP contribution in [0.4, 0.5) is 18.9 Å². The number of ether oxygens (including phenoxy) is 1. The number of aromatic nitrogens is 3. The van der Waals surface area contributed by atoms with Gasteiger partial charge in [0.25, 0.3) is 0 Å². The maximum Gasteiger partial charge on any atom is 0.416 e. The summed E-state index contributed by atoms with van der Waals surface area (Å²) in [6.45, 7) is 4.51. The second-order valence-corrected chi connectivity index (χ2v) is 6.80. The van der Waals surface area contributed by atoms with Crippen molar-refractivity contribution in [3.8, 4) is 5.75 Å². The van der Waals surface area contributed by atoms with E-state index < -0.39 is 17.6 Å². The van der Waals surface area contributed by atoms with Crippen LogP contribution in [0, 0.1) is 0 Å². The number of anilines is 1. The number of carbonyl (C=O) groups excluding carboxylic acids is 1. The average molecular weight is 418 g/mol. The first-order valence-electron chi connectivity index (χ1n) is 8.68. The van der Waals surface area contributed by atoms with E-state index in [9.17, 15) is 22.8 Å². The highest BCUT2D eigenvalue weighted by Gasteiger charge is 2.31. The van der Waals surface area contributed by atoms with Gasteiger partial charge in [-0.15, -0.1) is 5.10 Å². The molecule has 0 saturated heterocycles. The zero-order valence-electron chi connectivity index (χ0n) is 15.4. The van der Waals surface area contributed by atoms with Gasteiger partial charge in [0.2, 0.25) is 5.91 Å². The lowest BCUT2D eigenvalue weighted by Gasteiger charge is -2.15. The SMILES string of the molecule is CCCOc1ccc(C(F)(F)F)cc1NC(=O)CSc1n[nH]c(=O)n1CCC. The number of H-pyrrole nitrogens is 1. The first-order valence-corrected chi connectivity index (χ1v) is 9.66. The lowest BCUT2D eigenvalue weighted by atomic mass is 10.1. The molecule has 0 aliphatic heterocycles. The van der Waals surface area contributed by atoms with Crippen molar-refractivity contribution >= 4 is 23.4 Å². The van der Waals surface area contributed by atoms with Crippen LogP contribution >= 0.6 is 11.8 Å². The van der Waals surface area contributed by atoms with E-state index in [1.54, 1.807) is 0 Å². The molecule has 1 heterocycles. The van der Waals surface area contributed by atoms with Crippen LogP contribution in [-0.4, -0.2) is 33.0 Å². The molecule has 0 bridgehead atoms. The summed E-state index contributed by atoms with van der Waals surface area (Å²) < 4.78 is 45.7.